The van der Waals surface area contributed by atoms with Gasteiger partial charge < -0.3 is 14.3 Å². The minimum Gasteiger partial charge on any atom is -0.486 e. The number of esters is 1. The molecule has 2 aromatic carbocycles. The number of Topliss-reactive ketones (excluding diaryl/α,β-unsaturated/α-hetero) is 1. The van der Waals surface area contributed by atoms with Gasteiger partial charge >= 0.3 is 5.97 Å². The van der Waals surface area contributed by atoms with E-state index in [1.807, 2.05) is 0 Å². The predicted molar refractivity (Wildman–Crippen MR) is 130 cm³/mol. The van der Waals surface area contributed by atoms with Crippen molar-refractivity contribution in [3.63, 3.8) is 0 Å². The van der Waals surface area contributed by atoms with E-state index in [9.17, 15) is 26.8 Å². The molecule has 1 aliphatic rings. The predicted octanol–water partition coefficient (Wildman–Crippen LogP) is 4.81. The summed E-state index contributed by atoms with van der Waals surface area (Å²) in [7, 11) is -4.39. The molecule has 3 atom stereocenters. The molecule has 0 unspecified atom stereocenters. The summed E-state index contributed by atoms with van der Waals surface area (Å²) in [4.78, 5) is 23.7. The first-order valence-corrected chi connectivity index (χ1v) is 13.0. The van der Waals surface area contributed by atoms with Crippen LogP contribution in [0.5, 0.6) is 5.75 Å². The van der Waals surface area contributed by atoms with Crippen LogP contribution in [0.1, 0.15) is 53.5 Å². The summed E-state index contributed by atoms with van der Waals surface area (Å²) < 4.78 is 67.7. The van der Waals surface area contributed by atoms with Crippen LogP contribution in [0.25, 0.3) is 0 Å². The number of hydrogen-bond acceptors (Lipinski definition) is 6. The normalized spacial score (nSPS) is 18.7. The Hall–Kier alpha value is -3.01. The number of rotatable bonds is 7. The lowest BCUT2D eigenvalue weighted by molar-refractivity contribution is -0.153. The fraction of sp³-hybridized carbons (Fsp3) is 0.462. The Morgan fingerprint density at radius 2 is 1.78 bits per heavy atom. The van der Waals surface area contributed by atoms with Crippen LogP contribution in [0.2, 0.25) is 0 Å². The van der Waals surface area contributed by atoms with Gasteiger partial charge in [-0.15, -0.1) is 0 Å². The first-order chi connectivity index (χ1) is 16.6. The molecule has 10 heteroatoms. The molecule has 3 rings (SSSR count). The number of halogens is 2. The van der Waals surface area contributed by atoms with E-state index in [1.54, 1.807) is 46.8 Å². The smallest absolute Gasteiger partial charge is 0.310 e. The highest BCUT2D eigenvalue weighted by molar-refractivity contribution is 7.92. The quantitative estimate of drug-likeness (QED) is 0.484. The van der Waals surface area contributed by atoms with E-state index in [1.165, 1.54) is 13.0 Å². The molecule has 0 saturated heterocycles. The highest BCUT2D eigenvalue weighted by Gasteiger charge is 2.43. The molecule has 2 aromatic rings. The number of fused-ring (bicyclic) bond motifs is 1. The SMILES string of the molecule is CC(=O)C[C@@H](C)[C@@H]1Oc2ccc(CC(=O)OC(C)(C)C)cc2N(S(=O)(=O)c2ccc(F)c(F)c2)[C@@H]1C. The molecular formula is C26H31F2NO6S. The second-order valence-corrected chi connectivity index (χ2v) is 12.0. The van der Waals surface area contributed by atoms with Crippen molar-refractivity contribution in [1.29, 1.82) is 0 Å². The first kappa shape index (κ1) is 27.6. The van der Waals surface area contributed by atoms with Crippen LogP contribution in [-0.2, 0) is 30.8 Å². The number of benzene rings is 2. The molecule has 0 amide bonds. The van der Waals surface area contributed by atoms with E-state index >= 15 is 0 Å². The van der Waals surface area contributed by atoms with Crippen LogP contribution in [0, 0.1) is 17.6 Å². The maximum absolute atomic E-state index is 14.0. The van der Waals surface area contributed by atoms with Gasteiger partial charge in [-0.2, -0.15) is 0 Å². The van der Waals surface area contributed by atoms with Crippen molar-refractivity contribution in [3.05, 3.63) is 53.6 Å². The lowest BCUT2D eigenvalue weighted by Gasteiger charge is -2.43. The number of nitrogens with zero attached hydrogens (tertiary/aromatic N) is 1. The van der Waals surface area contributed by atoms with Crippen molar-refractivity contribution in [1.82, 2.24) is 0 Å². The second-order valence-electron chi connectivity index (χ2n) is 10.1. The molecule has 1 heterocycles. The van der Waals surface area contributed by atoms with Gasteiger partial charge in [-0.3, -0.25) is 9.10 Å². The molecular weight excluding hydrogens is 492 g/mol. The van der Waals surface area contributed by atoms with Crippen molar-refractivity contribution in [2.24, 2.45) is 5.92 Å². The summed E-state index contributed by atoms with van der Waals surface area (Å²) in [5.74, 6) is -3.14. The third kappa shape index (κ3) is 6.03. The summed E-state index contributed by atoms with van der Waals surface area (Å²) in [6.45, 7) is 10.1. The Labute approximate surface area is 210 Å². The van der Waals surface area contributed by atoms with Gasteiger partial charge in [-0.1, -0.05) is 13.0 Å². The Morgan fingerprint density at radius 3 is 2.36 bits per heavy atom. The molecule has 0 aromatic heterocycles. The maximum Gasteiger partial charge on any atom is 0.310 e. The van der Waals surface area contributed by atoms with Crippen molar-refractivity contribution < 1.29 is 36.3 Å². The van der Waals surface area contributed by atoms with Crippen LogP contribution in [0.15, 0.2) is 41.3 Å². The van der Waals surface area contributed by atoms with Gasteiger partial charge in [-0.25, -0.2) is 17.2 Å². The van der Waals surface area contributed by atoms with E-state index in [0.29, 0.717) is 11.6 Å². The van der Waals surface area contributed by atoms with Crippen molar-refractivity contribution in [2.75, 3.05) is 4.31 Å². The van der Waals surface area contributed by atoms with Gasteiger partial charge in [0, 0.05) is 12.3 Å². The summed E-state index contributed by atoms with van der Waals surface area (Å²) in [5, 5.41) is 0. The lowest BCUT2D eigenvalue weighted by Crippen LogP contribution is -2.53. The standard InChI is InChI=1S/C26H31F2NO6S/c1-15(11-16(2)30)25-17(3)29(36(32,33)19-8-9-20(27)21(28)14-19)22-12-18(7-10-23(22)34-25)13-24(31)35-26(4,5)6/h7-10,12,14-15,17,25H,11,13H2,1-6H3/t15-,17-,25+/m1/s1. The van der Waals surface area contributed by atoms with E-state index in [0.717, 1.165) is 16.4 Å². The third-order valence-corrected chi connectivity index (χ3v) is 7.65. The molecule has 0 fully saturated rings. The van der Waals surface area contributed by atoms with Crippen LogP contribution in [0.4, 0.5) is 14.5 Å². The zero-order valence-electron chi connectivity index (χ0n) is 21.2. The van der Waals surface area contributed by atoms with Gasteiger partial charge in [0.25, 0.3) is 10.0 Å². The zero-order chi connectivity index (χ0) is 27.0. The number of hydrogen-bond donors (Lipinski definition) is 0. The number of carbonyl (C=O) groups is 2. The van der Waals surface area contributed by atoms with E-state index in [-0.39, 0.29) is 36.0 Å². The molecule has 0 saturated carbocycles. The Morgan fingerprint density at radius 1 is 1.11 bits per heavy atom. The average molecular weight is 524 g/mol. The minimum atomic E-state index is -4.39. The van der Waals surface area contributed by atoms with Crippen LogP contribution < -0.4 is 9.04 Å². The number of ketones is 1. The molecule has 7 nitrogen and oxygen atoms in total. The zero-order valence-corrected chi connectivity index (χ0v) is 22.0. The molecule has 0 N–H and O–H groups in total. The van der Waals surface area contributed by atoms with Crippen molar-refractivity contribution >= 4 is 27.5 Å². The van der Waals surface area contributed by atoms with Crippen LogP contribution in [0.3, 0.4) is 0 Å². The molecule has 0 radical (unpaired) electrons. The number of sulfonamides is 1. The van der Waals surface area contributed by atoms with Crippen molar-refractivity contribution in [3.8, 4) is 5.75 Å². The van der Waals surface area contributed by atoms with Gasteiger partial charge in [0.05, 0.1) is 23.0 Å². The lowest BCUT2D eigenvalue weighted by atomic mass is 9.92. The molecule has 0 spiro atoms. The summed E-state index contributed by atoms with van der Waals surface area (Å²) in [5.41, 5.74) is -0.0514. The van der Waals surface area contributed by atoms with Crippen LogP contribution in [-0.4, -0.2) is 37.9 Å². The average Bonchev–Trinajstić information content (AvgIpc) is 2.72. The third-order valence-electron chi connectivity index (χ3n) is 5.76. The Bertz CT molecular complexity index is 1270. The fourth-order valence-electron chi connectivity index (χ4n) is 4.35. The van der Waals surface area contributed by atoms with Gasteiger partial charge in [0.15, 0.2) is 11.6 Å². The highest BCUT2D eigenvalue weighted by atomic mass is 32.2. The van der Waals surface area contributed by atoms with Gasteiger partial charge in [0.2, 0.25) is 0 Å². The number of anilines is 1. The van der Waals surface area contributed by atoms with E-state index in [2.05, 4.69) is 0 Å². The first-order valence-electron chi connectivity index (χ1n) is 11.6. The Kier molecular flexibility index (Phi) is 7.78. The summed E-state index contributed by atoms with van der Waals surface area (Å²) in [6.07, 6.45) is -0.638. The topological polar surface area (TPSA) is 90.0 Å². The highest BCUT2D eigenvalue weighted by Crippen LogP contribution is 2.42. The minimum absolute atomic E-state index is 0.0770. The monoisotopic (exact) mass is 523 g/mol. The number of carbonyl (C=O) groups excluding carboxylic acids is 2. The van der Waals surface area contributed by atoms with Crippen LogP contribution >= 0.6 is 0 Å². The fourth-order valence-corrected chi connectivity index (χ4v) is 6.03. The second kappa shape index (κ2) is 10.2. The molecule has 0 bridgehead atoms. The van der Waals surface area contributed by atoms with E-state index < -0.39 is 50.3 Å². The molecule has 1 aliphatic heterocycles. The van der Waals surface area contributed by atoms with Gasteiger partial charge in [0.1, 0.15) is 23.2 Å². The summed E-state index contributed by atoms with van der Waals surface area (Å²) in [6, 6.07) is 6.28. The summed E-state index contributed by atoms with van der Waals surface area (Å²) >= 11 is 0. The molecule has 0 aliphatic carbocycles. The van der Waals surface area contributed by atoms with Crippen molar-refractivity contribution in [2.45, 2.75) is 77.0 Å². The molecule has 36 heavy (non-hydrogen) atoms. The van der Waals surface area contributed by atoms with Gasteiger partial charge in [-0.05, 0) is 70.5 Å². The maximum atomic E-state index is 14.0. The number of ether oxygens (including phenoxy) is 2. The Balaban J connectivity index is 2.10. The van der Waals surface area contributed by atoms with E-state index in [4.69, 9.17) is 9.47 Å². The molecule has 196 valence electrons. The largest absolute Gasteiger partial charge is 0.486 e.